The second-order valence-electron chi connectivity index (χ2n) is 4.43. The summed E-state index contributed by atoms with van der Waals surface area (Å²) in [6.07, 6.45) is 0. The van der Waals surface area contributed by atoms with Crippen molar-refractivity contribution in [2.45, 2.75) is 0 Å². The fraction of sp³-hybridized carbons (Fsp3) is 0.462. The molecule has 0 aliphatic carbocycles. The van der Waals surface area contributed by atoms with E-state index in [0.29, 0.717) is 4.99 Å². The monoisotopic (exact) mass is 265 g/mol. The van der Waals surface area contributed by atoms with Gasteiger partial charge in [0.1, 0.15) is 5.75 Å². The number of hydrogen-bond donors (Lipinski definition) is 1. The van der Waals surface area contributed by atoms with Crippen LogP contribution in [-0.4, -0.2) is 49.7 Å². The molecule has 0 radical (unpaired) electrons. The summed E-state index contributed by atoms with van der Waals surface area (Å²) in [6, 6.07) is 8.18. The highest BCUT2D eigenvalue weighted by molar-refractivity contribution is 7.80. The van der Waals surface area contributed by atoms with E-state index in [1.807, 2.05) is 12.1 Å². The lowest BCUT2D eigenvalue weighted by Crippen LogP contribution is -2.48. The number of hydrogen-bond acceptors (Lipinski definition) is 4. The highest BCUT2D eigenvalue weighted by Gasteiger charge is 2.17. The van der Waals surface area contributed by atoms with Gasteiger partial charge in [0, 0.05) is 44.5 Å². The number of anilines is 1. The number of ether oxygens (including phenoxy) is 1. The van der Waals surface area contributed by atoms with Gasteiger partial charge in [0.15, 0.2) is 0 Å². The van der Waals surface area contributed by atoms with E-state index in [1.165, 1.54) is 5.69 Å². The lowest BCUT2D eigenvalue weighted by Gasteiger charge is -2.35. The highest BCUT2D eigenvalue weighted by atomic mass is 32.1. The molecule has 1 aliphatic heterocycles. The van der Waals surface area contributed by atoms with Crippen molar-refractivity contribution < 1.29 is 4.74 Å². The first-order valence-electron chi connectivity index (χ1n) is 6.08. The number of methoxy groups -OCH3 is 1. The van der Waals surface area contributed by atoms with Crippen LogP contribution in [0.1, 0.15) is 0 Å². The van der Waals surface area contributed by atoms with E-state index in [0.717, 1.165) is 38.5 Å². The molecule has 1 heterocycles. The zero-order valence-corrected chi connectivity index (χ0v) is 11.4. The van der Waals surface area contributed by atoms with E-state index in [4.69, 9.17) is 22.7 Å². The van der Waals surface area contributed by atoms with Crippen LogP contribution in [-0.2, 0) is 0 Å². The van der Waals surface area contributed by atoms with Crippen LogP contribution in [0.4, 0.5) is 5.69 Å². The van der Waals surface area contributed by atoms with Gasteiger partial charge >= 0.3 is 0 Å². The van der Waals surface area contributed by atoms with Crippen molar-refractivity contribution in [2.24, 2.45) is 5.73 Å². The Labute approximate surface area is 113 Å². The van der Waals surface area contributed by atoms with Crippen molar-refractivity contribution in [1.82, 2.24) is 4.90 Å². The molecule has 1 aromatic carbocycles. The Balaban J connectivity index is 1.94. The zero-order chi connectivity index (χ0) is 13.0. The molecule has 1 aliphatic rings. The van der Waals surface area contributed by atoms with E-state index in [9.17, 15) is 0 Å². The maximum Gasteiger partial charge on any atom is 0.120 e. The van der Waals surface area contributed by atoms with Crippen LogP contribution in [0.5, 0.6) is 5.75 Å². The third-order valence-electron chi connectivity index (χ3n) is 3.17. The second-order valence-corrected chi connectivity index (χ2v) is 4.96. The lowest BCUT2D eigenvalue weighted by atomic mass is 10.2. The molecule has 0 atom stereocenters. The predicted octanol–water partition coefficient (Wildman–Crippen LogP) is 1.10. The molecule has 0 bridgehead atoms. The first-order chi connectivity index (χ1) is 8.69. The quantitative estimate of drug-likeness (QED) is 0.826. The minimum Gasteiger partial charge on any atom is -0.497 e. The van der Waals surface area contributed by atoms with E-state index >= 15 is 0 Å². The summed E-state index contributed by atoms with van der Waals surface area (Å²) < 4.78 is 5.25. The Morgan fingerprint density at radius 2 is 2.06 bits per heavy atom. The Morgan fingerprint density at radius 1 is 1.33 bits per heavy atom. The average molecular weight is 265 g/mol. The molecule has 1 fully saturated rings. The van der Waals surface area contributed by atoms with E-state index in [1.54, 1.807) is 7.11 Å². The van der Waals surface area contributed by atoms with Crippen molar-refractivity contribution in [1.29, 1.82) is 0 Å². The van der Waals surface area contributed by atoms with Crippen LogP contribution < -0.4 is 15.4 Å². The van der Waals surface area contributed by atoms with Crippen molar-refractivity contribution in [3.05, 3.63) is 24.3 Å². The third kappa shape index (κ3) is 3.34. The van der Waals surface area contributed by atoms with Gasteiger partial charge in [-0.15, -0.1) is 0 Å². The Hall–Kier alpha value is -1.33. The number of piperazine rings is 1. The summed E-state index contributed by atoms with van der Waals surface area (Å²) in [5, 5.41) is 0. The largest absolute Gasteiger partial charge is 0.497 e. The summed E-state index contributed by atoms with van der Waals surface area (Å²) in [6.45, 7) is 4.70. The fourth-order valence-corrected chi connectivity index (χ4v) is 2.37. The van der Waals surface area contributed by atoms with Crippen molar-refractivity contribution >= 4 is 22.9 Å². The first-order valence-corrected chi connectivity index (χ1v) is 6.49. The lowest BCUT2D eigenvalue weighted by molar-refractivity contribution is 0.292. The molecule has 0 aromatic heterocycles. The van der Waals surface area contributed by atoms with Crippen LogP contribution in [0.15, 0.2) is 24.3 Å². The molecule has 5 heteroatoms. The van der Waals surface area contributed by atoms with Crippen LogP contribution in [0.2, 0.25) is 0 Å². The third-order valence-corrected chi connectivity index (χ3v) is 3.30. The van der Waals surface area contributed by atoms with Crippen molar-refractivity contribution in [3.63, 3.8) is 0 Å². The van der Waals surface area contributed by atoms with Gasteiger partial charge in [-0.2, -0.15) is 0 Å². The second kappa shape index (κ2) is 6.02. The standard InChI is InChI=1S/C13H19N3OS/c1-17-12-4-2-3-11(9-12)16-7-5-15(6-8-16)10-13(14)18/h2-4,9H,5-8,10H2,1H3,(H2,14,18). The molecule has 18 heavy (non-hydrogen) atoms. The number of rotatable bonds is 4. The Bertz CT molecular complexity index is 416. The van der Waals surface area contributed by atoms with Gasteiger partial charge in [0.25, 0.3) is 0 Å². The highest BCUT2D eigenvalue weighted by Crippen LogP contribution is 2.21. The molecule has 0 spiro atoms. The van der Waals surface area contributed by atoms with Gasteiger partial charge in [0.05, 0.1) is 12.1 Å². The van der Waals surface area contributed by atoms with Crippen molar-refractivity contribution in [2.75, 3.05) is 44.7 Å². The molecule has 0 amide bonds. The van der Waals surface area contributed by atoms with Crippen LogP contribution in [0.3, 0.4) is 0 Å². The molecule has 2 rings (SSSR count). The molecule has 1 saturated heterocycles. The zero-order valence-electron chi connectivity index (χ0n) is 10.6. The minimum absolute atomic E-state index is 0.574. The first kappa shape index (κ1) is 13.1. The summed E-state index contributed by atoms with van der Waals surface area (Å²) >= 11 is 4.94. The van der Waals surface area contributed by atoms with E-state index in [-0.39, 0.29) is 0 Å². The molecule has 0 saturated carbocycles. The van der Waals surface area contributed by atoms with E-state index in [2.05, 4.69) is 21.9 Å². The summed E-state index contributed by atoms with van der Waals surface area (Å²) in [5.41, 5.74) is 6.78. The van der Waals surface area contributed by atoms with Gasteiger partial charge in [0.2, 0.25) is 0 Å². The Morgan fingerprint density at radius 3 is 2.67 bits per heavy atom. The number of thiocarbonyl (C=S) groups is 1. The maximum absolute atomic E-state index is 5.57. The van der Waals surface area contributed by atoms with Gasteiger partial charge in [-0.25, -0.2) is 0 Å². The number of nitrogens with two attached hydrogens (primary N) is 1. The summed E-state index contributed by atoms with van der Waals surface area (Å²) in [7, 11) is 1.69. The maximum atomic E-state index is 5.57. The normalized spacial score (nSPS) is 16.6. The van der Waals surface area contributed by atoms with E-state index < -0.39 is 0 Å². The summed E-state index contributed by atoms with van der Waals surface area (Å²) in [4.78, 5) is 5.22. The van der Waals surface area contributed by atoms with Gasteiger partial charge < -0.3 is 15.4 Å². The van der Waals surface area contributed by atoms with Crippen LogP contribution in [0.25, 0.3) is 0 Å². The van der Waals surface area contributed by atoms with Gasteiger partial charge in [-0.3, -0.25) is 4.90 Å². The van der Waals surface area contributed by atoms with Gasteiger partial charge in [-0.05, 0) is 12.1 Å². The molecule has 2 N–H and O–H groups in total. The number of benzene rings is 1. The minimum atomic E-state index is 0.574. The van der Waals surface area contributed by atoms with Gasteiger partial charge in [-0.1, -0.05) is 18.3 Å². The molecular formula is C13H19N3OS. The Kier molecular flexibility index (Phi) is 4.38. The van der Waals surface area contributed by atoms with Crippen LogP contribution in [0, 0.1) is 0 Å². The fourth-order valence-electron chi connectivity index (χ4n) is 2.19. The molecular weight excluding hydrogens is 246 g/mol. The summed E-state index contributed by atoms with van der Waals surface area (Å²) in [5.74, 6) is 0.901. The molecule has 0 unspecified atom stereocenters. The molecule has 98 valence electrons. The topological polar surface area (TPSA) is 41.7 Å². The average Bonchev–Trinajstić information content (AvgIpc) is 2.39. The number of nitrogens with zero attached hydrogens (tertiary/aromatic N) is 2. The SMILES string of the molecule is COc1cccc(N2CCN(CC(N)=S)CC2)c1. The predicted molar refractivity (Wildman–Crippen MR) is 78.4 cm³/mol. The molecule has 4 nitrogen and oxygen atoms in total. The van der Waals surface area contributed by atoms with Crippen molar-refractivity contribution in [3.8, 4) is 5.75 Å². The van der Waals surface area contributed by atoms with Crippen LogP contribution >= 0.6 is 12.2 Å². The molecule has 1 aromatic rings. The smallest absolute Gasteiger partial charge is 0.120 e.